The minimum Gasteiger partial charge on any atom is -0.423 e. The molecule has 3 aromatic carbocycles. The summed E-state index contributed by atoms with van der Waals surface area (Å²) in [5.41, 5.74) is 3.76. The molecule has 1 aliphatic rings. The van der Waals surface area contributed by atoms with E-state index in [-0.39, 0.29) is 0 Å². The monoisotopic (exact) mass is 319 g/mol. The van der Waals surface area contributed by atoms with E-state index in [1.54, 1.807) is 17.8 Å². The maximum absolute atomic E-state index is 9.44. The van der Waals surface area contributed by atoms with E-state index in [1.807, 2.05) is 42.5 Å². The van der Waals surface area contributed by atoms with Crippen LogP contribution in [-0.4, -0.2) is 17.2 Å². The van der Waals surface area contributed by atoms with Crippen molar-refractivity contribution >= 4 is 41.4 Å². The minimum atomic E-state index is -1.46. The maximum Gasteiger partial charge on any atom is 0.488 e. The Kier molecular flexibility index (Phi) is 3.61. The molecule has 0 bridgehead atoms. The number of rotatable bonds is 2. The fourth-order valence-corrected chi connectivity index (χ4v) is 3.90. The zero-order valence-corrected chi connectivity index (χ0v) is 13.1. The SMILES string of the molecule is OB(O)c1ccc2c(c1)Sc1ccccc1N2c1ccccc1. The van der Waals surface area contributed by atoms with Gasteiger partial charge in [-0.3, -0.25) is 0 Å². The molecule has 23 heavy (non-hydrogen) atoms. The molecule has 0 fully saturated rings. The lowest BCUT2D eigenvalue weighted by Crippen LogP contribution is -2.30. The average Bonchev–Trinajstić information content (AvgIpc) is 2.59. The molecular weight excluding hydrogens is 305 g/mol. The van der Waals surface area contributed by atoms with Crippen molar-refractivity contribution in [3.63, 3.8) is 0 Å². The summed E-state index contributed by atoms with van der Waals surface area (Å²) in [5, 5.41) is 18.9. The second-order valence-electron chi connectivity index (χ2n) is 5.34. The van der Waals surface area contributed by atoms with Gasteiger partial charge in [-0.1, -0.05) is 48.2 Å². The summed E-state index contributed by atoms with van der Waals surface area (Å²) in [6.07, 6.45) is 0. The van der Waals surface area contributed by atoms with Crippen molar-refractivity contribution in [2.24, 2.45) is 0 Å². The van der Waals surface area contributed by atoms with Crippen LogP contribution in [-0.2, 0) is 0 Å². The van der Waals surface area contributed by atoms with Crippen LogP contribution >= 0.6 is 11.8 Å². The van der Waals surface area contributed by atoms with Gasteiger partial charge < -0.3 is 14.9 Å². The molecule has 3 aromatic rings. The first-order valence-electron chi connectivity index (χ1n) is 7.36. The Morgan fingerprint density at radius 1 is 0.739 bits per heavy atom. The lowest BCUT2D eigenvalue weighted by atomic mass is 9.80. The molecule has 0 saturated carbocycles. The van der Waals surface area contributed by atoms with E-state index in [0.29, 0.717) is 5.46 Å². The summed E-state index contributed by atoms with van der Waals surface area (Å²) in [6.45, 7) is 0. The zero-order chi connectivity index (χ0) is 15.8. The fraction of sp³-hybridized carbons (Fsp3) is 0. The molecule has 3 nitrogen and oxygen atoms in total. The molecule has 0 aliphatic carbocycles. The predicted molar refractivity (Wildman–Crippen MR) is 95.1 cm³/mol. The van der Waals surface area contributed by atoms with Gasteiger partial charge in [0.05, 0.1) is 11.4 Å². The minimum absolute atomic E-state index is 0.503. The van der Waals surface area contributed by atoms with E-state index in [9.17, 15) is 10.0 Å². The average molecular weight is 319 g/mol. The first kappa shape index (κ1) is 14.4. The third-order valence-electron chi connectivity index (χ3n) is 3.86. The van der Waals surface area contributed by atoms with Crippen LogP contribution in [0, 0.1) is 0 Å². The van der Waals surface area contributed by atoms with E-state index in [4.69, 9.17) is 0 Å². The molecule has 0 radical (unpaired) electrons. The molecule has 1 heterocycles. The predicted octanol–water partition coefficient (Wildman–Crippen LogP) is 3.30. The number of hydrogen-bond acceptors (Lipinski definition) is 4. The Hall–Kier alpha value is -2.21. The summed E-state index contributed by atoms with van der Waals surface area (Å²) in [5.74, 6) is 0. The van der Waals surface area contributed by atoms with Crippen molar-refractivity contribution in [1.29, 1.82) is 0 Å². The quantitative estimate of drug-likeness (QED) is 0.557. The molecule has 5 heteroatoms. The van der Waals surface area contributed by atoms with E-state index in [2.05, 4.69) is 29.2 Å². The number of fused-ring (bicyclic) bond motifs is 2. The Balaban J connectivity index is 1.92. The summed E-state index contributed by atoms with van der Waals surface area (Å²) < 4.78 is 0. The third kappa shape index (κ3) is 2.53. The highest BCUT2D eigenvalue weighted by Gasteiger charge is 2.25. The smallest absolute Gasteiger partial charge is 0.423 e. The first-order valence-corrected chi connectivity index (χ1v) is 8.18. The van der Waals surface area contributed by atoms with Gasteiger partial charge in [0.25, 0.3) is 0 Å². The van der Waals surface area contributed by atoms with Gasteiger partial charge in [-0.15, -0.1) is 0 Å². The van der Waals surface area contributed by atoms with Gasteiger partial charge in [0.2, 0.25) is 0 Å². The zero-order valence-electron chi connectivity index (χ0n) is 12.3. The molecule has 2 N–H and O–H groups in total. The standard InChI is InChI=1S/C18H14BNO2S/c21-19(22)13-10-11-16-18(12-13)23-17-9-5-4-8-15(17)20(16)14-6-2-1-3-7-14/h1-12,21-22H. The van der Waals surface area contributed by atoms with Crippen LogP contribution in [0.15, 0.2) is 82.6 Å². The number of nitrogens with zero attached hydrogens (tertiary/aromatic N) is 1. The van der Waals surface area contributed by atoms with Crippen molar-refractivity contribution in [1.82, 2.24) is 0 Å². The second kappa shape index (κ2) is 5.78. The summed E-state index contributed by atoms with van der Waals surface area (Å²) in [6, 6.07) is 24.0. The molecule has 4 rings (SSSR count). The largest absolute Gasteiger partial charge is 0.488 e. The van der Waals surface area contributed by atoms with Gasteiger partial charge >= 0.3 is 7.12 Å². The van der Waals surface area contributed by atoms with Crippen LogP contribution in [0.3, 0.4) is 0 Å². The van der Waals surface area contributed by atoms with E-state index < -0.39 is 7.12 Å². The van der Waals surface area contributed by atoms with Gasteiger partial charge in [0.1, 0.15) is 0 Å². The van der Waals surface area contributed by atoms with Gasteiger partial charge in [-0.05, 0) is 41.9 Å². The fourth-order valence-electron chi connectivity index (χ4n) is 2.79. The summed E-state index contributed by atoms with van der Waals surface area (Å²) in [7, 11) is -1.46. The van der Waals surface area contributed by atoms with Crippen molar-refractivity contribution < 1.29 is 10.0 Å². The highest BCUT2D eigenvalue weighted by molar-refractivity contribution is 7.99. The van der Waals surface area contributed by atoms with E-state index in [1.165, 1.54) is 0 Å². The van der Waals surface area contributed by atoms with Crippen molar-refractivity contribution in [2.75, 3.05) is 4.90 Å². The highest BCUT2D eigenvalue weighted by Crippen LogP contribution is 2.50. The van der Waals surface area contributed by atoms with E-state index in [0.717, 1.165) is 26.9 Å². The number of hydrogen-bond donors (Lipinski definition) is 2. The molecule has 0 spiro atoms. The Labute approximate surface area is 139 Å². The summed E-state index contributed by atoms with van der Waals surface area (Å²) in [4.78, 5) is 4.36. The Bertz CT molecular complexity index is 855. The third-order valence-corrected chi connectivity index (χ3v) is 4.98. The van der Waals surface area contributed by atoms with Crippen LogP contribution in [0.1, 0.15) is 0 Å². The van der Waals surface area contributed by atoms with Gasteiger partial charge in [-0.2, -0.15) is 0 Å². The lowest BCUT2D eigenvalue weighted by molar-refractivity contribution is 0.425. The normalized spacial score (nSPS) is 12.5. The molecule has 1 aliphatic heterocycles. The lowest BCUT2D eigenvalue weighted by Gasteiger charge is -2.33. The number of anilines is 3. The first-order chi connectivity index (χ1) is 11.2. The van der Waals surface area contributed by atoms with Crippen LogP contribution in [0.5, 0.6) is 0 Å². The molecular formula is C18H14BNO2S. The Morgan fingerprint density at radius 3 is 2.22 bits per heavy atom. The van der Waals surface area contributed by atoms with E-state index >= 15 is 0 Å². The number of para-hydroxylation sites is 2. The van der Waals surface area contributed by atoms with Crippen molar-refractivity contribution in [3.05, 3.63) is 72.8 Å². The van der Waals surface area contributed by atoms with Gasteiger partial charge in [-0.25, -0.2) is 0 Å². The van der Waals surface area contributed by atoms with Crippen LogP contribution < -0.4 is 10.4 Å². The van der Waals surface area contributed by atoms with Crippen LogP contribution in [0.25, 0.3) is 0 Å². The molecule has 0 amide bonds. The Morgan fingerprint density at radius 2 is 1.43 bits per heavy atom. The second-order valence-corrected chi connectivity index (χ2v) is 6.43. The molecule has 112 valence electrons. The van der Waals surface area contributed by atoms with Crippen LogP contribution in [0.4, 0.5) is 17.1 Å². The molecule has 0 unspecified atom stereocenters. The van der Waals surface area contributed by atoms with Crippen molar-refractivity contribution in [2.45, 2.75) is 9.79 Å². The van der Waals surface area contributed by atoms with Crippen LogP contribution in [0.2, 0.25) is 0 Å². The maximum atomic E-state index is 9.44. The molecule has 0 aromatic heterocycles. The van der Waals surface area contributed by atoms with Gasteiger partial charge in [0, 0.05) is 15.5 Å². The van der Waals surface area contributed by atoms with Crippen molar-refractivity contribution in [3.8, 4) is 0 Å². The molecule has 0 atom stereocenters. The topological polar surface area (TPSA) is 43.7 Å². The highest BCUT2D eigenvalue weighted by atomic mass is 32.2. The van der Waals surface area contributed by atoms with Gasteiger partial charge in [0.15, 0.2) is 0 Å². The molecule has 0 saturated heterocycles. The number of benzene rings is 3. The summed E-state index contributed by atoms with van der Waals surface area (Å²) >= 11 is 1.65.